The van der Waals surface area contributed by atoms with E-state index in [1.54, 1.807) is 0 Å². The molecule has 0 aliphatic carbocycles. The number of aromatic nitrogens is 4. The van der Waals surface area contributed by atoms with E-state index >= 15 is 0 Å². The number of ether oxygens (including phenoxy) is 1. The highest BCUT2D eigenvalue weighted by molar-refractivity contribution is 5.75. The van der Waals surface area contributed by atoms with E-state index in [0.717, 1.165) is 11.3 Å². The number of carbonyl (C=O) groups is 1. The summed E-state index contributed by atoms with van der Waals surface area (Å²) in [6.07, 6.45) is 0. The minimum Gasteiger partial charge on any atom is -0.457 e. The topological polar surface area (TPSA) is 108 Å². The van der Waals surface area contributed by atoms with Gasteiger partial charge in [0.25, 0.3) is 0 Å². The van der Waals surface area contributed by atoms with Crippen molar-refractivity contribution in [3.8, 4) is 22.9 Å². The molecular formula is C17H18N6O2. The number of para-hydroxylation sites is 1. The molecule has 0 radical (unpaired) electrons. The lowest BCUT2D eigenvalue weighted by Crippen LogP contribution is -2.32. The second-order valence-electron chi connectivity index (χ2n) is 5.23. The van der Waals surface area contributed by atoms with Gasteiger partial charge in [0.05, 0.1) is 0 Å². The van der Waals surface area contributed by atoms with Gasteiger partial charge in [-0.25, -0.2) is 0 Å². The molecule has 0 spiro atoms. The van der Waals surface area contributed by atoms with E-state index < -0.39 is 0 Å². The van der Waals surface area contributed by atoms with Crippen LogP contribution in [-0.2, 0) is 11.3 Å². The standard InChI is InChI=1S/C17H18N6O2/c18-9-10-19-16(24)12-23-21-17(20-22-23)13-5-4-8-15(11-13)25-14-6-2-1-3-7-14/h1-8,11H,9-10,12,18H2,(H,19,24). The maximum atomic E-state index is 11.7. The number of hydrogen-bond donors (Lipinski definition) is 2. The molecule has 8 heteroatoms. The highest BCUT2D eigenvalue weighted by Crippen LogP contribution is 2.25. The fraction of sp³-hybridized carbons (Fsp3) is 0.176. The Morgan fingerprint density at radius 2 is 1.92 bits per heavy atom. The number of hydrogen-bond acceptors (Lipinski definition) is 6. The van der Waals surface area contributed by atoms with Crippen LogP contribution in [0.4, 0.5) is 0 Å². The number of rotatable bonds is 7. The predicted molar refractivity (Wildman–Crippen MR) is 91.8 cm³/mol. The molecule has 0 unspecified atom stereocenters. The summed E-state index contributed by atoms with van der Waals surface area (Å²) in [5.41, 5.74) is 6.09. The van der Waals surface area contributed by atoms with Crippen LogP contribution in [0.3, 0.4) is 0 Å². The van der Waals surface area contributed by atoms with Crippen LogP contribution in [0.15, 0.2) is 54.6 Å². The molecule has 0 saturated heterocycles. The minimum absolute atomic E-state index is 0.00674. The zero-order valence-corrected chi connectivity index (χ0v) is 13.5. The Balaban J connectivity index is 1.70. The van der Waals surface area contributed by atoms with Crippen molar-refractivity contribution in [2.24, 2.45) is 5.73 Å². The van der Waals surface area contributed by atoms with Gasteiger partial charge in [0.2, 0.25) is 11.7 Å². The Kier molecular flexibility index (Phi) is 5.32. The van der Waals surface area contributed by atoms with E-state index in [9.17, 15) is 4.79 Å². The van der Waals surface area contributed by atoms with E-state index in [4.69, 9.17) is 10.5 Å². The van der Waals surface area contributed by atoms with Gasteiger partial charge in [-0.2, -0.15) is 4.80 Å². The number of nitrogens with zero attached hydrogens (tertiary/aromatic N) is 4. The van der Waals surface area contributed by atoms with Crippen molar-refractivity contribution in [1.82, 2.24) is 25.5 Å². The number of benzene rings is 2. The third-order valence-corrected chi connectivity index (χ3v) is 3.28. The Hall–Kier alpha value is -3.26. The van der Waals surface area contributed by atoms with Crippen molar-refractivity contribution >= 4 is 5.91 Å². The van der Waals surface area contributed by atoms with Crippen molar-refractivity contribution in [2.75, 3.05) is 13.1 Å². The number of tetrazole rings is 1. The summed E-state index contributed by atoms with van der Waals surface area (Å²) in [7, 11) is 0. The van der Waals surface area contributed by atoms with Crippen molar-refractivity contribution in [3.63, 3.8) is 0 Å². The molecule has 3 N–H and O–H groups in total. The molecule has 25 heavy (non-hydrogen) atoms. The van der Waals surface area contributed by atoms with Crippen LogP contribution in [0.5, 0.6) is 11.5 Å². The SMILES string of the molecule is NCCNC(=O)Cn1nnc(-c2cccc(Oc3ccccc3)c2)n1. The first kappa shape index (κ1) is 16.6. The molecule has 0 atom stereocenters. The number of amides is 1. The predicted octanol–water partition coefficient (Wildman–Crippen LogP) is 1.21. The van der Waals surface area contributed by atoms with Gasteiger partial charge in [0, 0.05) is 18.7 Å². The normalized spacial score (nSPS) is 10.4. The molecule has 0 aliphatic rings. The van der Waals surface area contributed by atoms with Gasteiger partial charge in [-0.1, -0.05) is 30.3 Å². The zero-order chi connectivity index (χ0) is 17.5. The molecule has 1 amide bonds. The fourth-order valence-electron chi connectivity index (χ4n) is 2.15. The van der Waals surface area contributed by atoms with Crippen molar-refractivity contribution in [1.29, 1.82) is 0 Å². The molecule has 1 heterocycles. The van der Waals surface area contributed by atoms with Gasteiger partial charge >= 0.3 is 0 Å². The summed E-state index contributed by atoms with van der Waals surface area (Å²) in [6, 6.07) is 16.9. The molecule has 3 rings (SSSR count). The molecule has 2 aromatic carbocycles. The largest absolute Gasteiger partial charge is 0.457 e. The van der Waals surface area contributed by atoms with Crippen LogP contribution in [0.1, 0.15) is 0 Å². The van der Waals surface area contributed by atoms with Gasteiger partial charge < -0.3 is 15.8 Å². The van der Waals surface area contributed by atoms with Crippen LogP contribution in [0, 0.1) is 0 Å². The van der Waals surface area contributed by atoms with E-state index in [0.29, 0.717) is 24.7 Å². The molecule has 8 nitrogen and oxygen atoms in total. The summed E-state index contributed by atoms with van der Waals surface area (Å²) in [5.74, 6) is 1.62. The van der Waals surface area contributed by atoms with E-state index in [1.165, 1.54) is 4.80 Å². The molecular weight excluding hydrogens is 320 g/mol. The average Bonchev–Trinajstić information content (AvgIpc) is 3.09. The van der Waals surface area contributed by atoms with Crippen LogP contribution in [0.25, 0.3) is 11.4 Å². The highest BCUT2D eigenvalue weighted by Gasteiger charge is 2.10. The molecule has 1 aromatic heterocycles. The molecule has 128 valence electrons. The monoisotopic (exact) mass is 338 g/mol. The maximum absolute atomic E-state index is 11.7. The van der Waals surface area contributed by atoms with Crippen molar-refractivity contribution < 1.29 is 9.53 Å². The Morgan fingerprint density at radius 1 is 1.12 bits per heavy atom. The van der Waals surface area contributed by atoms with Gasteiger partial charge in [0.1, 0.15) is 18.0 Å². The summed E-state index contributed by atoms with van der Waals surface area (Å²) >= 11 is 0. The zero-order valence-electron chi connectivity index (χ0n) is 13.5. The van der Waals surface area contributed by atoms with Crippen LogP contribution in [-0.4, -0.2) is 39.2 Å². The summed E-state index contributed by atoms with van der Waals surface area (Å²) in [4.78, 5) is 12.9. The fourth-order valence-corrected chi connectivity index (χ4v) is 2.15. The van der Waals surface area contributed by atoms with Gasteiger partial charge in [-0.15, -0.1) is 10.2 Å². The minimum atomic E-state index is -0.212. The summed E-state index contributed by atoms with van der Waals surface area (Å²) in [6.45, 7) is 0.794. The highest BCUT2D eigenvalue weighted by atomic mass is 16.5. The first-order valence-corrected chi connectivity index (χ1v) is 7.82. The first-order valence-electron chi connectivity index (χ1n) is 7.82. The molecule has 0 bridgehead atoms. The van der Waals surface area contributed by atoms with Crippen LogP contribution < -0.4 is 15.8 Å². The van der Waals surface area contributed by atoms with Crippen LogP contribution in [0.2, 0.25) is 0 Å². The molecule has 0 aliphatic heterocycles. The average molecular weight is 338 g/mol. The summed E-state index contributed by atoms with van der Waals surface area (Å²) < 4.78 is 5.80. The van der Waals surface area contributed by atoms with Gasteiger partial charge in [0.15, 0.2) is 0 Å². The third kappa shape index (κ3) is 4.61. The van der Waals surface area contributed by atoms with E-state index in [2.05, 4.69) is 20.7 Å². The quantitative estimate of drug-likeness (QED) is 0.670. The molecule has 0 saturated carbocycles. The van der Waals surface area contributed by atoms with Crippen molar-refractivity contribution in [2.45, 2.75) is 6.54 Å². The summed E-state index contributed by atoms with van der Waals surface area (Å²) in [5, 5.41) is 14.8. The lowest BCUT2D eigenvalue weighted by molar-refractivity contribution is -0.122. The van der Waals surface area contributed by atoms with Crippen LogP contribution >= 0.6 is 0 Å². The smallest absolute Gasteiger partial charge is 0.243 e. The Labute approximate surface area is 144 Å². The van der Waals surface area contributed by atoms with Gasteiger partial charge in [-0.05, 0) is 29.5 Å². The first-order chi connectivity index (χ1) is 12.2. The Morgan fingerprint density at radius 3 is 2.72 bits per heavy atom. The third-order valence-electron chi connectivity index (χ3n) is 3.28. The second kappa shape index (κ2) is 8.02. The van der Waals surface area contributed by atoms with E-state index in [1.807, 2.05) is 54.6 Å². The number of nitrogens with two attached hydrogens (primary N) is 1. The lowest BCUT2D eigenvalue weighted by atomic mass is 10.2. The number of carbonyl (C=O) groups excluding carboxylic acids is 1. The molecule has 3 aromatic rings. The molecule has 0 fully saturated rings. The second-order valence-corrected chi connectivity index (χ2v) is 5.23. The van der Waals surface area contributed by atoms with Crippen molar-refractivity contribution in [3.05, 3.63) is 54.6 Å². The lowest BCUT2D eigenvalue weighted by Gasteiger charge is -2.06. The van der Waals surface area contributed by atoms with E-state index in [-0.39, 0.29) is 12.5 Å². The maximum Gasteiger partial charge on any atom is 0.243 e. The Bertz CT molecular complexity index is 834. The number of nitrogens with one attached hydrogen (secondary N) is 1. The van der Waals surface area contributed by atoms with Gasteiger partial charge in [-0.3, -0.25) is 4.79 Å².